The SMILES string of the molecule is COC(C)=O.COC(C)=O.Cc1cc(C)c(C)cc1C. The van der Waals surface area contributed by atoms with Crippen molar-refractivity contribution in [1.82, 2.24) is 0 Å². The number of carbonyl (C=O) groups excluding carboxylic acids is 2. The third-order valence-electron chi connectivity index (χ3n) is 2.68. The van der Waals surface area contributed by atoms with E-state index in [1.807, 2.05) is 0 Å². The first-order valence-electron chi connectivity index (χ1n) is 6.29. The molecule has 4 heteroatoms. The third-order valence-corrected chi connectivity index (χ3v) is 2.68. The minimum absolute atomic E-state index is 0.245. The molecule has 0 fully saturated rings. The largest absolute Gasteiger partial charge is 0.469 e. The normalized spacial score (nSPS) is 8.40. The number of methoxy groups -OCH3 is 2. The van der Waals surface area contributed by atoms with E-state index in [1.54, 1.807) is 0 Å². The number of benzene rings is 1. The zero-order valence-corrected chi connectivity index (χ0v) is 13.8. The summed E-state index contributed by atoms with van der Waals surface area (Å²) in [5.41, 5.74) is 5.57. The van der Waals surface area contributed by atoms with Crippen molar-refractivity contribution in [2.24, 2.45) is 0 Å². The van der Waals surface area contributed by atoms with Gasteiger partial charge in [-0.25, -0.2) is 0 Å². The summed E-state index contributed by atoms with van der Waals surface area (Å²) >= 11 is 0. The van der Waals surface area contributed by atoms with Gasteiger partial charge in [-0.05, 0) is 49.9 Å². The molecule has 0 aliphatic rings. The summed E-state index contributed by atoms with van der Waals surface area (Å²) in [6.07, 6.45) is 0. The molecular formula is C16H26O4. The van der Waals surface area contributed by atoms with Crippen LogP contribution in [0.3, 0.4) is 0 Å². The van der Waals surface area contributed by atoms with Crippen LogP contribution in [0, 0.1) is 27.7 Å². The molecule has 1 rings (SSSR count). The summed E-state index contributed by atoms with van der Waals surface area (Å²) < 4.78 is 8.22. The Hall–Kier alpha value is -1.84. The van der Waals surface area contributed by atoms with Crippen molar-refractivity contribution in [3.8, 4) is 0 Å². The molecule has 0 aliphatic carbocycles. The Bertz CT molecular complexity index is 372. The highest BCUT2D eigenvalue weighted by atomic mass is 16.5. The number of carbonyl (C=O) groups is 2. The fourth-order valence-electron chi connectivity index (χ4n) is 1.10. The van der Waals surface area contributed by atoms with E-state index in [1.165, 1.54) is 50.3 Å². The molecule has 0 bridgehead atoms. The topological polar surface area (TPSA) is 52.6 Å². The molecule has 0 heterocycles. The molecule has 20 heavy (non-hydrogen) atoms. The van der Waals surface area contributed by atoms with Gasteiger partial charge in [-0.3, -0.25) is 9.59 Å². The van der Waals surface area contributed by atoms with Crippen molar-refractivity contribution in [3.05, 3.63) is 34.4 Å². The minimum Gasteiger partial charge on any atom is -0.469 e. The van der Waals surface area contributed by atoms with Crippen LogP contribution in [0.2, 0.25) is 0 Å². The fourth-order valence-corrected chi connectivity index (χ4v) is 1.10. The molecule has 1 aromatic rings. The summed E-state index contributed by atoms with van der Waals surface area (Å²) in [6.45, 7) is 11.3. The molecule has 0 N–H and O–H groups in total. The third kappa shape index (κ3) is 11.3. The van der Waals surface area contributed by atoms with E-state index in [4.69, 9.17) is 0 Å². The van der Waals surface area contributed by atoms with Crippen LogP contribution in [0.25, 0.3) is 0 Å². The molecule has 0 spiro atoms. The van der Waals surface area contributed by atoms with E-state index < -0.39 is 0 Å². The molecule has 0 aromatic heterocycles. The van der Waals surface area contributed by atoms with Gasteiger partial charge in [0.25, 0.3) is 0 Å². The lowest BCUT2D eigenvalue weighted by molar-refractivity contribution is -0.138. The van der Waals surface area contributed by atoms with Crippen molar-refractivity contribution in [2.75, 3.05) is 14.2 Å². The van der Waals surface area contributed by atoms with Crippen molar-refractivity contribution >= 4 is 11.9 Å². The van der Waals surface area contributed by atoms with E-state index >= 15 is 0 Å². The number of rotatable bonds is 0. The van der Waals surface area contributed by atoms with Crippen molar-refractivity contribution in [2.45, 2.75) is 41.5 Å². The summed E-state index contributed by atoms with van der Waals surface area (Å²) in [6, 6.07) is 4.48. The minimum atomic E-state index is -0.245. The lowest BCUT2D eigenvalue weighted by atomic mass is 10.0. The van der Waals surface area contributed by atoms with Crippen LogP contribution in [0.1, 0.15) is 36.1 Å². The van der Waals surface area contributed by atoms with Gasteiger partial charge >= 0.3 is 11.9 Å². The second-order valence-electron chi connectivity index (χ2n) is 4.41. The number of ether oxygens (including phenoxy) is 2. The van der Waals surface area contributed by atoms with Gasteiger partial charge in [0.1, 0.15) is 0 Å². The van der Waals surface area contributed by atoms with E-state index in [9.17, 15) is 9.59 Å². The van der Waals surface area contributed by atoms with Gasteiger partial charge in [0.05, 0.1) is 14.2 Å². The summed E-state index contributed by atoms with van der Waals surface area (Å²) in [5, 5.41) is 0. The number of aryl methyl sites for hydroxylation is 4. The van der Waals surface area contributed by atoms with Crippen LogP contribution in [0.5, 0.6) is 0 Å². The smallest absolute Gasteiger partial charge is 0.302 e. The van der Waals surface area contributed by atoms with Gasteiger partial charge < -0.3 is 9.47 Å². The molecular weight excluding hydrogens is 256 g/mol. The Morgan fingerprint density at radius 2 is 0.850 bits per heavy atom. The molecule has 0 radical (unpaired) electrons. The number of esters is 2. The Morgan fingerprint density at radius 3 is 0.950 bits per heavy atom. The Kier molecular flexibility index (Phi) is 11.3. The van der Waals surface area contributed by atoms with Crippen LogP contribution in [0.15, 0.2) is 12.1 Å². The lowest BCUT2D eigenvalue weighted by Gasteiger charge is -2.04. The van der Waals surface area contributed by atoms with Gasteiger partial charge in [-0.15, -0.1) is 0 Å². The van der Waals surface area contributed by atoms with E-state index in [-0.39, 0.29) is 11.9 Å². The van der Waals surface area contributed by atoms with Gasteiger partial charge in [-0.2, -0.15) is 0 Å². The average Bonchev–Trinajstić information content (AvgIpc) is 2.38. The van der Waals surface area contributed by atoms with Crippen molar-refractivity contribution < 1.29 is 19.1 Å². The molecule has 114 valence electrons. The second kappa shape index (κ2) is 11.0. The van der Waals surface area contributed by atoms with E-state index in [0.29, 0.717) is 0 Å². The summed E-state index contributed by atoms with van der Waals surface area (Å²) in [4.78, 5) is 19.2. The zero-order chi connectivity index (χ0) is 16.3. The Labute approximate surface area is 122 Å². The highest BCUT2D eigenvalue weighted by Gasteiger charge is 1.95. The molecule has 0 amide bonds. The molecule has 4 nitrogen and oxygen atoms in total. The van der Waals surface area contributed by atoms with Crippen LogP contribution < -0.4 is 0 Å². The first-order chi connectivity index (χ1) is 9.15. The maximum atomic E-state index is 9.59. The highest BCUT2D eigenvalue weighted by molar-refractivity contribution is 5.65. The summed E-state index contributed by atoms with van der Waals surface area (Å²) in [5.74, 6) is -0.491. The quantitative estimate of drug-likeness (QED) is 0.685. The molecule has 0 saturated carbocycles. The Balaban J connectivity index is 0. The van der Waals surface area contributed by atoms with Crippen molar-refractivity contribution in [3.63, 3.8) is 0 Å². The van der Waals surface area contributed by atoms with Crippen molar-refractivity contribution in [1.29, 1.82) is 0 Å². The van der Waals surface area contributed by atoms with Gasteiger partial charge in [-0.1, -0.05) is 12.1 Å². The predicted molar refractivity (Wildman–Crippen MR) is 80.8 cm³/mol. The molecule has 0 unspecified atom stereocenters. The Morgan fingerprint density at radius 1 is 0.700 bits per heavy atom. The van der Waals surface area contributed by atoms with Crippen LogP contribution >= 0.6 is 0 Å². The molecule has 0 atom stereocenters. The molecule has 1 aromatic carbocycles. The second-order valence-corrected chi connectivity index (χ2v) is 4.41. The zero-order valence-electron chi connectivity index (χ0n) is 13.8. The van der Waals surface area contributed by atoms with E-state index in [2.05, 4.69) is 49.3 Å². The molecule has 0 saturated heterocycles. The van der Waals surface area contributed by atoms with Gasteiger partial charge in [0.15, 0.2) is 0 Å². The average molecular weight is 282 g/mol. The van der Waals surface area contributed by atoms with Crippen LogP contribution in [-0.2, 0) is 19.1 Å². The van der Waals surface area contributed by atoms with Gasteiger partial charge in [0.2, 0.25) is 0 Å². The molecule has 0 aliphatic heterocycles. The number of hydrogen-bond donors (Lipinski definition) is 0. The van der Waals surface area contributed by atoms with Crippen LogP contribution in [-0.4, -0.2) is 26.2 Å². The maximum Gasteiger partial charge on any atom is 0.302 e. The summed E-state index contributed by atoms with van der Waals surface area (Å²) in [7, 11) is 2.70. The predicted octanol–water partition coefficient (Wildman–Crippen LogP) is 3.28. The standard InChI is InChI=1S/C10H14.2C3H6O2/c1-7-5-9(3)10(4)6-8(7)2;2*1-3(4)5-2/h5-6H,1-4H3;2*1-2H3. The van der Waals surface area contributed by atoms with Crippen LogP contribution in [0.4, 0.5) is 0 Å². The lowest BCUT2D eigenvalue weighted by Crippen LogP contribution is -1.88. The number of hydrogen-bond acceptors (Lipinski definition) is 4. The highest BCUT2D eigenvalue weighted by Crippen LogP contribution is 2.13. The van der Waals surface area contributed by atoms with E-state index in [0.717, 1.165) is 0 Å². The first kappa shape index (κ1) is 20.5. The maximum absolute atomic E-state index is 9.59. The fraction of sp³-hybridized carbons (Fsp3) is 0.500. The van der Waals surface area contributed by atoms with Gasteiger partial charge in [0, 0.05) is 13.8 Å². The first-order valence-corrected chi connectivity index (χ1v) is 6.29. The monoisotopic (exact) mass is 282 g/mol.